The summed E-state index contributed by atoms with van der Waals surface area (Å²) in [6.07, 6.45) is 0. The number of nitrogens with zero attached hydrogens (tertiary/aromatic N) is 3. The van der Waals surface area contributed by atoms with Crippen molar-refractivity contribution in [3.05, 3.63) is 35.2 Å². The second-order valence-corrected chi connectivity index (χ2v) is 5.52. The van der Waals surface area contributed by atoms with Gasteiger partial charge in [0.25, 0.3) is 0 Å². The van der Waals surface area contributed by atoms with Crippen molar-refractivity contribution in [2.75, 3.05) is 7.11 Å². The number of hydrogen-bond donors (Lipinski definition) is 0. The lowest BCUT2D eigenvalue weighted by Gasteiger charge is -2.04. The van der Waals surface area contributed by atoms with E-state index >= 15 is 0 Å². The fourth-order valence-corrected chi connectivity index (χ4v) is 3.00. The molecule has 2 rings (SSSR count). The van der Waals surface area contributed by atoms with Crippen LogP contribution in [0.3, 0.4) is 0 Å². The molecule has 0 bridgehead atoms. The van der Waals surface area contributed by atoms with Crippen LogP contribution < -0.4 is 4.74 Å². The van der Waals surface area contributed by atoms with Gasteiger partial charge in [-0.05, 0) is 36.2 Å². The molecule has 0 atom stereocenters. The third-order valence-corrected chi connectivity index (χ3v) is 4.25. The number of hydrogen-bond acceptors (Lipinski definition) is 6. The minimum Gasteiger partial charge on any atom is -0.495 e. The molecule has 1 heterocycles. The maximum atomic E-state index is 9.01. The highest BCUT2D eigenvalue weighted by atomic mass is 32.2. The Morgan fingerprint density at radius 3 is 2.94 bits per heavy atom. The Morgan fingerprint density at radius 2 is 2.33 bits per heavy atom. The van der Waals surface area contributed by atoms with Crippen molar-refractivity contribution >= 4 is 23.3 Å². The number of aromatic nitrogens is 2. The van der Waals surface area contributed by atoms with Gasteiger partial charge in [0.15, 0.2) is 4.34 Å². The molecule has 0 unspecified atom stereocenters. The zero-order valence-corrected chi connectivity index (χ0v) is 11.6. The van der Waals surface area contributed by atoms with E-state index in [9.17, 15) is 0 Å². The van der Waals surface area contributed by atoms with Gasteiger partial charge in [0, 0.05) is 5.75 Å². The van der Waals surface area contributed by atoms with Crippen LogP contribution in [0.5, 0.6) is 5.75 Å². The van der Waals surface area contributed by atoms with Crippen LogP contribution in [0.2, 0.25) is 0 Å². The molecule has 0 fully saturated rings. The molecule has 0 aliphatic carbocycles. The molecule has 1 aromatic carbocycles. The van der Waals surface area contributed by atoms with Crippen LogP contribution in [0.4, 0.5) is 0 Å². The summed E-state index contributed by atoms with van der Waals surface area (Å²) >= 11 is 3.02. The molecular formula is C12H11N3OS2. The molecule has 0 radical (unpaired) electrons. The summed E-state index contributed by atoms with van der Waals surface area (Å²) in [4.78, 5) is 4.28. The first kappa shape index (κ1) is 12.9. The normalized spacial score (nSPS) is 10.1. The van der Waals surface area contributed by atoms with E-state index in [1.807, 2.05) is 25.1 Å². The smallest absolute Gasteiger partial charge is 0.170 e. The van der Waals surface area contributed by atoms with Crippen molar-refractivity contribution in [2.24, 2.45) is 0 Å². The van der Waals surface area contributed by atoms with Crippen molar-refractivity contribution in [3.63, 3.8) is 0 Å². The number of benzene rings is 1. The number of rotatable bonds is 4. The van der Waals surface area contributed by atoms with Gasteiger partial charge in [-0.3, -0.25) is 0 Å². The van der Waals surface area contributed by atoms with E-state index < -0.39 is 0 Å². The van der Waals surface area contributed by atoms with E-state index in [4.69, 9.17) is 10.00 Å². The summed E-state index contributed by atoms with van der Waals surface area (Å²) in [5, 5.41) is 9.01. The van der Waals surface area contributed by atoms with E-state index in [-0.39, 0.29) is 0 Å². The van der Waals surface area contributed by atoms with Crippen molar-refractivity contribution in [1.82, 2.24) is 9.36 Å². The highest BCUT2D eigenvalue weighted by Crippen LogP contribution is 2.26. The third-order valence-electron chi connectivity index (χ3n) is 2.26. The fourth-order valence-electron chi connectivity index (χ4n) is 1.41. The highest BCUT2D eigenvalue weighted by Gasteiger charge is 2.06. The predicted octanol–water partition coefficient (Wildman–Crippen LogP) is 3.02. The summed E-state index contributed by atoms with van der Waals surface area (Å²) in [7, 11) is 1.56. The minimum absolute atomic E-state index is 0.559. The molecule has 0 spiro atoms. The Morgan fingerprint density at radius 1 is 1.50 bits per heavy atom. The number of nitriles is 1. The molecule has 0 aliphatic rings. The van der Waals surface area contributed by atoms with E-state index in [1.54, 1.807) is 18.9 Å². The Bertz CT molecular complexity index is 589. The van der Waals surface area contributed by atoms with E-state index in [0.29, 0.717) is 11.3 Å². The summed E-state index contributed by atoms with van der Waals surface area (Å²) in [6.45, 7) is 1.88. The summed E-state index contributed by atoms with van der Waals surface area (Å²) in [5.41, 5.74) is 1.63. The zero-order valence-electron chi connectivity index (χ0n) is 10.0. The van der Waals surface area contributed by atoms with Crippen molar-refractivity contribution < 1.29 is 4.74 Å². The molecule has 92 valence electrons. The fraction of sp³-hybridized carbons (Fsp3) is 0.250. The topological polar surface area (TPSA) is 58.8 Å². The quantitative estimate of drug-likeness (QED) is 0.804. The summed E-state index contributed by atoms with van der Waals surface area (Å²) in [6, 6.07) is 7.75. The average Bonchev–Trinajstić information content (AvgIpc) is 2.81. The van der Waals surface area contributed by atoms with Gasteiger partial charge in [-0.25, -0.2) is 4.98 Å². The maximum absolute atomic E-state index is 9.01. The zero-order chi connectivity index (χ0) is 13.0. The first-order chi connectivity index (χ1) is 8.72. The van der Waals surface area contributed by atoms with Gasteiger partial charge < -0.3 is 4.74 Å². The van der Waals surface area contributed by atoms with Crippen LogP contribution in [-0.2, 0) is 5.75 Å². The molecule has 0 amide bonds. The molecule has 0 saturated heterocycles. The first-order valence-electron chi connectivity index (χ1n) is 5.23. The maximum Gasteiger partial charge on any atom is 0.170 e. The summed E-state index contributed by atoms with van der Waals surface area (Å²) < 4.78 is 10.2. The average molecular weight is 277 g/mol. The number of methoxy groups -OCH3 is 1. The van der Waals surface area contributed by atoms with Crippen molar-refractivity contribution in [2.45, 2.75) is 17.0 Å². The molecule has 4 nitrogen and oxygen atoms in total. The number of aryl methyl sites for hydroxylation is 1. The van der Waals surface area contributed by atoms with Crippen LogP contribution in [0.15, 0.2) is 22.5 Å². The van der Waals surface area contributed by atoms with Gasteiger partial charge in [0.2, 0.25) is 0 Å². The monoisotopic (exact) mass is 277 g/mol. The molecular weight excluding hydrogens is 266 g/mol. The molecule has 1 aromatic heterocycles. The van der Waals surface area contributed by atoms with Gasteiger partial charge in [-0.15, -0.1) is 0 Å². The van der Waals surface area contributed by atoms with Crippen molar-refractivity contribution in [3.8, 4) is 11.8 Å². The van der Waals surface area contributed by atoms with Crippen LogP contribution in [0.1, 0.15) is 17.0 Å². The van der Waals surface area contributed by atoms with Crippen LogP contribution in [0, 0.1) is 18.3 Å². The molecule has 6 heteroatoms. The van der Waals surface area contributed by atoms with Crippen LogP contribution >= 0.6 is 23.3 Å². The lowest BCUT2D eigenvalue weighted by molar-refractivity contribution is 0.413. The van der Waals surface area contributed by atoms with Crippen LogP contribution in [-0.4, -0.2) is 16.5 Å². The van der Waals surface area contributed by atoms with Gasteiger partial charge >= 0.3 is 0 Å². The lowest BCUT2D eigenvalue weighted by Crippen LogP contribution is -1.90. The number of thioether (sulfide) groups is 1. The van der Waals surface area contributed by atoms with E-state index in [2.05, 4.69) is 15.4 Å². The largest absolute Gasteiger partial charge is 0.495 e. The Hall–Kier alpha value is -1.58. The van der Waals surface area contributed by atoms with E-state index in [1.165, 1.54) is 11.5 Å². The van der Waals surface area contributed by atoms with Crippen LogP contribution in [0.25, 0.3) is 0 Å². The predicted molar refractivity (Wildman–Crippen MR) is 71.9 cm³/mol. The SMILES string of the molecule is COc1ccc(CSc2nc(C)ns2)cc1C#N. The minimum atomic E-state index is 0.559. The van der Waals surface area contributed by atoms with Gasteiger partial charge in [-0.1, -0.05) is 17.8 Å². The van der Waals surface area contributed by atoms with Gasteiger partial charge in [0.05, 0.1) is 12.7 Å². The molecule has 0 aliphatic heterocycles. The van der Waals surface area contributed by atoms with E-state index in [0.717, 1.165) is 21.5 Å². The second-order valence-electron chi connectivity index (χ2n) is 3.54. The Labute approximate surface area is 114 Å². The lowest BCUT2D eigenvalue weighted by atomic mass is 10.1. The Kier molecular flexibility index (Phi) is 4.18. The second kappa shape index (κ2) is 5.85. The summed E-state index contributed by atoms with van der Waals surface area (Å²) in [5.74, 6) is 2.18. The molecule has 0 saturated carbocycles. The molecule has 2 aromatic rings. The standard InChI is InChI=1S/C12H11N3OS2/c1-8-14-12(18-15-8)17-7-9-3-4-11(16-2)10(5-9)6-13/h3-5H,7H2,1-2H3. The molecule has 18 heavy (non-hydrogen) atoms. The Balaban J connectivity index is 2.08. The molecule has 0 N–H and O–H groups in total. The van der Waals surface area contributed by atoms with Gasteiger partial charge in [0.1, 0.15) is 17.6 Å². The van der Waals surface area contributed by atoms with Gasteiger partial charge in [-0.2, -0.15) is 9.64 Å². The number of ether oxygens (including phenoxy) is 1. The highest BCUT2D eigenvalue weighted by molar-refractivity contribution is 8.00. The third kappa shape index (κ3) is 3.00. The first-order valence-corrected chi connectivity index (χ1v) is 6.99. The van der Waals surface area contributed by atoms with Crippen molar-refractivity contribution in [1.29, 1.82) is 5.26 Å².